The monoisotopic (exact) mass is 435 g/mol. The second kappa shape index (κ2) is 10.2. The molecule has 0 amide bonds. The molecule has 164 valence electrons. The zero-order chi connectivity index (χ0) is 20.9. The minimum absolute atomic E-state index is 0.0447. The van der Waals surface area contributed by atoms with E-state index >= 15 is 0 Å². The molecule has 29 heavy (non-hydrogen) atoms. The first-order chi connectivity index (χ1) is 13.9. The van der Waals surface area contributed by atoms with Gasteiger partial charge < -0.3 is 4.74 Å². The Labute approximate surface area is 168 Å². The summed E-state index contributed by atoms with van der Waals surface area (Å²) in [5.74, 6) is -1.08. The first kappa shape index (κ1) is 22.5. The first-order valence-electron chi connectivity index (χ1n) is 10.2. The van der Waals surface area contributed by atoms with Crippen molar-refractivity contribution >= 4 is 8.17 Å². The standard InChI is InChI=1S/C18H28FN2O7P/c1-2-3-4-5-6-7-8-9-25-29(24)26-12-15-14(28-29)10-16(27-15)21-11-13(19)17(22)20-18(21)23/h11,14-16,24H,2-10,12H2,1H3/p+1/t14-,15+,16+,29?/m0/s1. The molecule has 4 atom stereocenters. The predicted octanol–water partition coefficient (Wildman–Crippen LogP) is 2.82. The van der Waals surface area contributed by atoms with Crippen molar-refractivity contribution in [3.05, 3.63) is 32.9 Å². The minimum atomic E-state index is -3.45. The van der Waals surface area contributed by atoms with Crippen molar-refractivity contribution in [3.63, 3.8) is 0 Å². The second-order valence-electron chi connectivity index (χ2n) is 7.37. The largest absolute Gasteiger partial charge is 0.573 e. The normalized spacial score (nSPS) is 29.1. The molecule has 1 aromatic heterocycles. The third-order valence-electron chi connectivity index (χ3n) is 5.09. The average Bonchev–Trinajstić information content (AvgIpc) is 3.09. The van der Waals surface area contributed by atoms with E-state index in [4.69, 9.17) is 18.3 Å². The summed E-state index contributed by atoms with van der Waals surface area (Å²) in [4.78, 5) is 35.5. The molecule has 2 fully saturated rings. The second-order valence-corrected chi connectivity index (χ2v) is 9.04. The highest BCUT2D eigenvalue weighted by atomic mass is 31.2. The summed E-state index contributed by atoms with van der Waals surface area (Å²) in [6.45, 7) is 2.56. The molecule has 0 saturated carbocycles. The number of rotatable bonds is 10. The molecule has 11 heteroatoms. The van der Waals surface area contributed by atoms with Crippen molar-refractivity contribution in [2.75, 3.05) is 13.2 Å². The number of H-pyrrole nitrogens is 1. The molecular formula is C18H29FN2O7P+. The average molecular weight is 435 g/mol. The van der Waals surface area contributed by atoms with E-state index in [-0.39, 0.29) is 13.0 Å². The van der Waals surface area contributed by atoms with Gasteiger partial charge in [-0.1, -0.05) is 45.4 Å². The lowest BCUT2D eigenvalue weighted by Gasteiger charge is -2.26. The zero-order valence-corrected chi connectivity index (χ0v) is 17.4. The summed E-state index contributed by atoms with van der Waals surface area (Å²) in [7, 11) is -3.45. The van der Waals surface area contributed by atoms with E-state index in [1.165, 1.54) is 25.7 Å². The number of fused-ring (bicyclic) bond motifs is 1. The lowest BCUT2D eigenvalue weighted by molar-refractivity contribution is -0.0819. The van der Waals surface area contributed by atoms with Gasteiger partial charge in [-0.2, -0.15) is 18.3 Å². The van der Waals surface area contributed by atoms with Gasteiger partial charge in [-0.15, -0.1) is 4.52 Å². The molecule has 0 aliphatic carbocycles. The molecule has 0 spiro atoms. The van der Waals surface area contributed by atoms with Crippen LogP contribution < -0.4 is 11.2 Å². The molecular weight excluding hydrogens is 406 g/mol. The summed E-state index contributed by atoms with van der Waals surface area (Å²) in [5.41, 5.74) is -1.86. The number of hydrogen-bond donors (Lipinski definition) is 2. The third-order valence-corrected chi connectivity index (χ3v) is 6.61. The van der Waals surface area contributed by atoms with Crippen molar-refractivity contribution in [2.24, 2.45) is 0 Å². The van der Waals surface area contributed by atoms with E-state index in [0.29, 0.717) is 6.61 Å². The maximum atomic E-state index is 13.5. The van der Waals surface area contributed by atoms with Gasteiger partial charge >= 0.3 is 13.9 Å². The van der Waals surface area contributed by atoms with Crippen LogP contribution in [-0.4, -0.2) is 39.9 Å². The van der Waals surface area contributed by atoms with Crippen LogP contribution in [0.3, 0.4) is 0 Å². The van der Waals surface area contributed by atoms with Crippen LogP contribution in [0.15, 0.2) is 15.8 Å². The number of nitrogens with zero attached hydrogens (tertiary/aromatic N) is 1. The summed E-state index contributed by atoms with van der Waals surface area (Å²) >= 11 is 0. The Bertz CT molecular complexity index is 788. The molecule has 1 unspecified atom stereocenters. The van der Waals surface area contributed by atoms with E-state index < -0.39 is 43.7 Å². The molecule has 3 rings (SSSR count). The zero-order valence-electron chi connectivity index (χ0n) is 16.5. The van der Waals surface area contributed by atoms with Gasteiger partial charge in [-0.3, -0.25) is 14.3 Å². The Morgan fingerprint density at radius 1 is 1.24 bits per heavy atom. The van der Waals surface area contributed by atoms with Crippen molar-refractivity contribution in [1.29, 1.82) is 0 Å². The molecule has 9 nitrogen and oxygen atoms in total. The van der Waals surface area contributed by atoms with Crippen molar-refractivity contribution in [1.82, 2.24) is 9.55 Å². The number of hydrogen-bond acceptors (Lipinski definition) is 7. The van der Waals surface area contributed by atoms with Crippen LogP contribution in [0.4, 0.5) is 4.39 Å². The minimum Gasteiger partial charge on any atom is -0.349 e. The fraction of sp³-hybridized carbons (Fsp3) is 0.778. The van der Waals surface area contributed by atoms with Gasteiger partial charge in [0.25, 0.3) is 5.56 Å². The van der Waals surface area contributed by atoms with E-state index in [1.807, 2.05) is 4.98 Å². The maximum absolute atomic E-state index is 13.5. The fourth-order valence-electron chi connectivity index (χ4n) is 3.48. The predicted molar refractivity (Wildman–Crippen MR) is 104 cm³/mol. The van der Waals surface area contributed by atoms with E-state index in [9.17, 15) is 18.9 Å². The Morgan fingerprint density at radius 2 is 1.97 bits per heavy atom. The molecule has 3 heterocycles. The van der Waals surface area contributed by atoms with Crippen LogP contribution in [0, 0.1) is 5.82 Å². The van der Waals surface area contributed by atoms with Gasteiger partial charge in [0.05, 0.1) is 6.20 Å². The van der Waals surface area contributed by atoms with Crippen molar-refractivity contribution in [3.8, 4) is 0 Å². The molecule has 0 bridgehead atoms. The Hall–Kier alpha value is -1.16. The van der Waals surface area contributed by atoms with Gasteiger partial charge in [-0.25, -0.2) is 4.79 Å². The van der Waals surface area contributed by atoms with Crippen molar-refractivity contribution in [2.45, 2.75) is 76.7 Å². The Kier molecular flexibility index (Phi) is 7.95. The maximum Gasteiger partial charge on any atom is 0.573 e. The lowest BCUT2D eigenvalue weighted by Crippen LogP contribution is -2.35. The van der Waals surface area contributed by atoms with E-state index in [2.05, 4.69) is 6.92 Å². The first-order valence-corrected chi connectivity index (χ1v) is 11.7. The van der Waals surface area contributed by atoms with Crippen LogP contribution in [-0.2, 0) is 18.3 Å². The Morgan fingerprint density at radius 3 is 2.72 bits per heavy atom. The highest BCUT2D eigenvalue weighted by Gasteiger charge is 2.57. The van der Waals surface area contributed by atoms with E-state index in [0.717, 1.165) is 30.0 Å². The molecule has 2 aliphatic heterocycles. The number of halogens is 1. The van der Waals surface area contributed by atoms with Crippen LogP contribution >= 0.6 is 8.17 Å². The Balaban J connectivity index is 1.46. The fourth-order valence-corrected chi connectivity index (χ4v) is 4.94. The van der Waals surface area contributed by atoms with Gasteiger partial charge in [0.15, 0.2) is 0 Å². The lowest BCUT2D eigenvalue weighted by atomic mass is 10.1. The summed E-state index contributed by atoms with van der Waals surface area (Å²) in [5, 5.41) is 0. The summed E-state index contributed by atoms with van der Waals surface area (Å²) < 4.78 is 36.7. The number of aromatic amines is 1. The van der Waals surface area contributed by atoms with E-state index in [1.54, 1.807) is 0 Å². The number of unbranched alkanes of at least 4 members (excludes halogenated alkanes) is 6. The summed E-state index contributed by atoms with van der Waals surface area (Å²) in [6.07, 6.45) is 6.97. The van der Waals surface area contributed by atoms with Crippen LogP contribution in [0.5, 0.6) is 0 Å². The quantitative estimate of drug-likeness (QED) is 0.429. The van der Waals surface area contributed by atoms with Gasteiger partial charge in [-0.05, 0) is 6.42 Å². The van der Waals surface area contributed by atoms with Crippen LogP contribution in [0.1, 0.15) is 64.5 Å². The molecule has 2 aliphatic rings. The van der Waals surface area contributed by atoms with Gasteiger partial charge in [0.1, 0.15) is 31.6 Å². The molecule has 0 aromatic carbocycles. The van der Waals surface area contributed by atoms with Crippen LogP contribution in [0.2, 0.25) is 0 Å². The van der Waals surface area contributed by atoms with Crippen molar-refractivity contribution < 1.29 is 27.6 Å². The molecule has 0 radical (unpaired) electrons. The smallest absolute Gasteiger partial charge is 0.349 e. The number of aromatic nitrogens is 2. The topological polar surface area (TPSA) is 112 Å². The van der Waals surface area contributed by atoms with Crippen LogP contribution in [0.25, 0.3) is 0 Å². The highest BCUT2D eigenvalue weighted by molar-refractivity contribution is 7.55. The number of nitrogens with one attached hydrogen (secondary N) is 1. The number of ether oxygens (including phenoxy) is 1. The third kappa shape index (κ3) is 5.93. The molecule has 2 saturated heterocycles. The van der Waals surface area contributed by atoms with Gasteiger partial charge in [0.2, 0.25) is 5.82 Å². The molecule has 1 aromatic rings. The summed E-state index contributed by atoms with van der Waals surface area (Å²) in [6, 6.07) is 0. The SMILES string of the molecule is CCCCCCCCCO[P+]1(O)OC[C@H]2O[C@@H](n3cc(F)c(=O)[nH]c3=O)C[C@@H]2O1. The van der Waals surface area contributed by atoms with Gasteiger partial charge in [0, 0.05) is 6.42 Å². The highest BCUT2D eigenvalue weighted by Crippen LogP contribution is 2.63. The molecule has 2 N–H and O–H groups in total.